The molecule has 0 radical (unpaired) electrons. The van der Waals surface area contributed by atoms with Gasteiger partial charge in [-0.2, -0.15) is 7.05 Å². The van der Waals surface area contributed by atoms with Crippen molar-refractivity contribution >= 4 is 6.34 Å². The van der Waals surface area contributed by atoms with E-state index in [9.17, 15) is 0 Å². The van der Waals surface area contributed by atoms with E-state index in [1.165, 1.54) is 0 Å². The van der Waals surface area contributed by atoms with Crippen molar-refractivity contribution in [2.75, 3.05) is 20.2 Å². The molecule has 0 amide bonds. The summed E-state index contributed by atoms with van der Waals surface area (Å²) in [5, 5.41) is 4.04. The van der Waals surface area contributed by atoms with Gasteiger partial charge in [-0.3, -0.25) is 0 Å². The highest BCUT2D eigenvalue weighted by molar-refractivity contribution is 5.64. The third kappa shape index (κ3) is 3.76. The van der Waals surface area contributed by atoms with Gasteiger partial charge in [0.25, 0.3) is 0 Å². The lowest BCUT2D eigenvalue weighted by atomic mass is 10.0. The van der Waals surface area contributed by atoms with Gasteiger partial charge in [0.2, 0.25) is 0 Å². The van der Waals surface area contributed by atoms with Crippen LogP contribution in [0.15, 0.2) is 53.5 Å². The summed E-state index contributed by atoms with van der Waals surface area (Å²) >= 11 is 0. The first-order chi connectivity index (χ1) is 10.3. The summed E-state index contributed by atoms with van der Waals surface area (Å²) in [5.41, 5.74) is 6.51. The van der Waals surface area contributed by atoms with Crippen LogP contribution in [0, 0.1) is 0 Å². The van der Waals surface area contributed by atoms with Crippen LogP contribution in [0.4, 0.5) is 0 Å². The van der Waals surface area contributed by atoms with Crippen molar-refractivity contribution in [3.63, 3.8) is 0 Å². The van der Waals surface area contributed by atoms with E-state index in [0.717, 1.165) is 30.8 Å². The van der Waals surface area contributed by atoms with Crippen LogP contribution in [-0.2, 0) is 4.74 Å². The van der Waals surface area contributed by atoms with Gasteiger partial charge in [-0.25, -0.2) is 4.99 Å². The van der Waals surface area contributed by atoms with E-state index in [0.29, 0.717) is 6.61 Å². The van der Waals surface area contributed by atoms with Crippen LogP contribution in [0.1, 0.15) is 12.8 Å². The number of nitrogens with two attached hydrogens (primary N) is 1. The molecule has 114 valence electrons. The number of hydrogen-bond acceptors (Lipinski definition) is 4. The first-order valence-corrected chi connectivity index (χ1v) is 7.20. The van der Waals surface area contributed by atoms with Crippen molar-refractivity contribution in [1.82, 2.24) is 4.90 Å². The lowest BCUT2D eigenvalue weighted by molar-refractivity contribution is 0.193. The van der Waals surface area contributed by atoms with Crippen LogP contribution in [0.2, 0.25) is 0 Å². The zero-order chi connectivity index (χ0) is 15.1. The molecule has 0 aromatic rings. The summed E-state index contributed by atoms with van der Waals surface area (Å²) in [4.78, 5) is 6.71. The first kappa shape index (κ1) is 15.4. The number of likely N-dealkylation sites (N-methyl/N-ethyl adjacent to an activating group) is 1. The number of fused-ring (bicyclic) bond motifs is 1. The molecule has 21 heavy (non-hydrogen) atoms. The highest BCUT2D eigenvalue weighted by Crippen LogP contribution is 2.30. The van der Waals surface area contributed by atoms with Gasteiger partial charge in [0.05, 0.1) is 36.5 Å². The number of nitrogens with zero attached hydrogens (tertiary/aromatic N) is 3. The van der Waals surface area contributed by atoms with Gasteiger partial charge in [0, 0.05) is 6.42 Å². The highest BCUT2D eigenvalue weighted by Gasteiger charge is 2.32. The Balaban J connectivity index is 2.00. The molecule has 2 N–H and O–H groups in total. The van der Waals surface area contributed by atoms with E-state index in [-0.39, 0.29) is 12.1 Å². The van der Waals surface area contributed by atoms with E-state index >= 15 is 0 Å². The van der Waals surface area contributed by atoms with Gasteiger partial charge in [0.1, 0.15) is 0 Å². The Morgan fingerprint density at radius 1 is 1.62 bits per heavy atom. The van der Waals surface area contributed by atoms with Crippen LogP contribution in [0.3, 0.4) is 0 Å². The SMILES string of the molecule is C=CC(C/C=C/N)N1C=NC2=CC=C(OCC[N-]C)CC21. The standard InChI is InChI=1S/C16H23N4O/c1-3-13(5-4-8-17)20-12-19-15-7-6-14(11-16(15)20)21-10-9-18-2/h3-4,6-8,12-13,16H,1,5,9-11,17H2,2H3/q-1/b8-4+. The minimum atomic E-state index is 0.189. The summed E-state index contributed by atoms with van der Waals surface area (Å²) in [6, 6.07) is 0.409. The molecular formula is C16H23N4O-. The summed E-state index contributed by atoms with van der Waals surface area (Å²) in [7, 11) is 1.79. The van der Waals surface area contributed by atoms with Gasteiger partial charge in [-0.05, 0) is 24.8 Å². The largest absolute Gasteiger partial charge is 0.662 e. The van der Waals surface area contributed by atoms with Gasteiger partial charge in [-0.15, -0.1) is 13.1 Å². The van der Waals surface area contributed by atoms with Crippen molar-refractivity contribution < 1.29 is 4.74 Å². The van der Waals surface area contributed by atoms with Crippen molar-refractivity contribution in [1.29, 1.82) is 0 Å². The fraction of sp³-hybridized carbons (Fsp3) is 0.438. The molecule has 2 atom stereocenters. The number of hydrogen-bond donors (Lipinski definition) is 1. The second-order valence-corrected chi connectivity index (χ2v) is 4.99. The third-order valence-electron chi connectivity index (χ3n) is 3.65. The Morgan fingerprint density at radius 2 is 2.48 bits per heavy atom. The lowest BCUT2D eigenvalue weighted by Crippen LogP contribution is -2.39. The maximum Gasteiger partial charge on any atom is 0.0984 e. The average Bonchev–Trinajstić information content (AvgIpc) is 2.92. The molecule has 0 aromatic heterocycles. The molecule has 5 nitrogen and oxygen atoms in total. The molecule has 0 spiro atoms. The maximum absolute atomic E-state index is 5.76. The predicted octanol–water partition coefficient (Wildman–Crippen LogP) is 2.31. The van der Waals surface area contributed by atoms with E-state index in [1.807, 2.05) is 30.6 Å². The number of aliphatic imine (C=N–C) groups is 1. The minimum Gasteiger partial charge on any atom is -0.662 e. The molecule has 0 saturated carbocycles. The van der Waals surface area contributed by atoms with Crippen molar-refractivity contribution in [2.45, 2.75) is 24.9 Å². The molecule has 2 unspecified atom stereocenters. The fourth-order valence-electron chi connectivity index (χ4n) is 2.50. The molecule has 0 aromatic carbocycles. The van der Waals surface area contributed by atoms with E-state index < -0.39 is 0 Å². The number of rotatable bonds is 8. The zero-order valence-electron chi connectivity index (χ0n) is 12.5. The average molecular weight is 287 g/mol. The van der Waals surface area contributed by atoms with E-state index in [4.69, 9.17) is 10.5 Å². The Bertz CT molecular complexity index is 479. The molecule has 2 aliphatic rings. The predicted molar refractivity (Wildman–Crippen MR) is 86.9 cm³/mol. The van der Waals surface area contributed by atoms with E-state index in [1.54, 1.807) is 13.2 Å². The van der Waals surface area contributed by atoms with Crippen LogP contribution < -0.4 is 5.73 Å². The molecule has 0 fully saturated rings. The zero-order valence-corrected chi connectivity index (χ0v) is 12.5. The summed E-state index contributed by atoms with van der Waals surface area (Å²) in [5.74, 6) is 0.986. The molecule has 1 aliphatic heterocycles. The monoisotopic (exact) mass is 287 g/mol. The van der Waals surface area contributed by atoms with Gasteiger partial charge >= 0.3 is 0 Å². The van der Waals surface area contributed by atoms with Crippen LogP contribution in [0.5, 0.6) is 0 Å². The van der Waals surface area contributed by atoms with E-state index in [2.05, 4.69) is 21.8 Å². The lowest BCUT2D eigenvalue weighted by Gasteiger charge is -2.32. The Kier molecular flexibility index (Phi) is 5.63. The molecule has 2 rings (SSSR count). The first-order valence-electron chi connectivity index (χ1n) is 7.20. The second-order valence-electron chi connectivity index (χ2n) is 4.99. The van der Waals surface area contributed by atoms with Gasteiger partial charge < -0.3 is 20.7 Å². The van der Waals surface area contributed by atoms with Crippen molar-refractivity contribution in [3.05, 3.63) is 53.9 Å². The second kappa shape index (κ2) is 7.69. The number of ether oxygens (including phenoxy) is 1. The smallest absolute Gasteiger partial charge is 0.0984 e. The van der Waals surface area contributed by atoms with Crippen LogP contribution in [0.25, 0.3) is 5.32 Å². The summed E-state index contributed by atoms with van der Waals surface area (Å²) in [6.07, 6.45) is 13.0. The maximum atomic E-state index is 5.76. The van der Waals surface area contributed by atoms with Crippen LogP contribution in [-0.4, -0.2) is 43.5 Å². The Morgan fingerprint density at radius 3 is 3.19 bits per heavy atom. The van der Waals surface area contributed by atoms with Crippen molar-refractivity contribution in [2.24, 2.45) is 10.7 Å². The molecule has 0 saturated heterocycles. The highest BCUT2D eigenvalue weighted by atomic mass is 16.5. The fourth-order valence-corrected chi connectivity index (χ4v) is 2.50. The Labute approximate surface area is 126 Å². The summed E-state index contributed by atoms with van der Waals surface area (Å²) < 4.78 is 5.76. The quantitative estimate of drug-likeness (QED) is 0.550. The Hall–Kier alpha value is -2.01. The topological polar surface area (TPSA) is 64.9 Å². The third-order valence-corrected chi connectivity index (χ3v) is 3.65. The number of allylic oxidation sites excluding steroid dienone is 2. The summed E-state index contributed by atoms with van der Waals surface area (Å²) in [6.45, 7) is 5.26. The normalized spacial score (nSPS) is 22.0. The van der Waals surface area contributed by atoms with Crippen molar-refractivity contribution in [3.8, 4) is 0 Å². The van der Waals surface area contributed by atoms with Gasteiger partial charge in [-0.1, -0.05) is 12.2 Å². The molecule has 0 bridgehead atoms. The van der Waals surface area contributed by atoms with Crippen LogP contribution >= 0.6 is 0 Å². The minimum absolute atomic E-state index is 0.189. The molecule has 1 aliphatic carbocycles. The molecule has 5 heteroatoms. The molecule has 1 heterocycles. The van der Waals surface area contributed by atoms with Gasteiger partial charge in [0.15, 0.2) is 0 Å². The molecular weight excluding hydrogens is 264 g/mol.